The lowest BCUT2D eigenvalue weighted by Gasteiger charge is -2.39. The molecule has 0 spiro atoms. The van der Waals surface area contributed by atoms with E-state index < -0.39 is 38.8 Å². The molecule has 1 aromatic rings. The Morgan fingerprint density at radius 1 is 1.00 bits per heavy atom. The third-order valence-corrected chi connectivity index (χ3v) is 3.28. The standard InChI is InChI=1S/C9H7BrF4N2.ClH/c10-4-7(13)5(11)3(6(12)8(4)14)9(15)1-16-2-9;/h16H,1-2,15H2;1H. The van der Waals surface area contributed by atoms with E-state index in [1.54, 1.807) is 0 Å². The summed E-state index contributed by atoms with van der Waals surface area (Å²) in [4.78, 5) is 0. The second kappa shape index (κ2) is 4.72. The van der Waals surface area contributed by atoms with Gasteiger partial charge in [0.05, 0.1) is 15.6 Å². The SMILES string of the molecule is Cl.NC1(c2c(F)c(F)c(Br)c(F)c2F)CNC1. The number of halogens is 6. The summed E-state index contributed by atoms with van der Waals surface area (Å²) in [5.74, 6) is -5.83. The zero-order chi connectivity index (χ0) is 12.1. The fraction of sp³-hybridized carbons (Fsp3) is 0.333. The minimum atomic E-state index is -1.47. The van der Waals surface area contributed by atoms with Gasteiger partial charge in [0, 0.05) is 13.1 Å². The Kier molecular flexibility index (Phi) is 4.08. The van der Waals surface area contributed by atoms with E-state index in [0.717, 1.165) is 0 Å². The van der Waals surface area contributed by atoms with Crippen molar-refractivity contribution in [2.75, 3.05) is 13.1 Å². The van der Waals surface area contributed by atoms with E-state index in [2.05, 4.69) is 21.2 Å². The molecule has 0 saturated carbocycles. The highest BCUT2D eigenvalue weighted by Gasteiger charge is 2.42. The van der Waals surface area contributed by atoms with Gasteiger partial charge in [0.1, 0.15) is 0 Å². The van der Waals surface area contributed by atoms with Gasteiger partial charge >= 0.3 is 0 Å². The quantitative estimate of drug-likeness (QED) is 0.469. The molecule has 3 N–H and O–H groups in total. The van der Waals surface area contributed by atoms with Gasteiger partial charge in [-0.1, -0.05) is 0 Å². The van der Waals surface area contributed by atoms with Crippen molar-refractivity contribution in [2.45, 2.75) is 5.54 Å². The van der Waals surface area contributed by atoms with E-state index in [9.17, 15) is 17.6 Å². The molecule has 0 aromatic heterocycles. The third-order valence-electron chi connectivity index (χ3n) is 2.59. The normalized spacial score (nSPS) is 17.3. The van der Waals surface area contributed by atoms with Gasteiger partial charge in [-0.25, -0.2) is 17.6 Å². The summed E-state index contributed by atoms with van der Waals surface area (Å²) in [6.07, 6.45) is 0. The third kappa shape index (κ3) is 2.05. The van der Waals surface area contributed by atoms with E-state index in [-0.39, 0.29) is 25.5 Å². The molecule has 96 valence electrons. The maximum atomic E-state index is 13.5. The molecule has 1 aliphatic rings. The molecule has 0 aliphatic carbocycles. The van der Waals surface area contributed by atoms with Crippen molar-refractivity contribution in [2.24, 2.45) is 5.73 Å². The first-order chi connectivity index (χ1) is 7.38. The maximum absolute atomic E-state index is 13.5. The van der Waals surface area contributed by atoms with Gasteiger partial charge in [0.2, 0.25) is 0 Å². The molecule has 17 heavy (non-hydrogen) atoms. The molecule has 1 aliphatic heterocycles. The van der Waals surface area contributed by atoms with Gasteiger partial charge in [0.15, 0.2) is 23.3 Å². The van der Waals surface area contributed by atoms with Gasteiger partial charge in [-0.3, -0.25) is 0 Å². The first-order valence-corrected chi connectivity index (χ1v) is 5.19. The first kappa shape index (κ1) is 14.7. The molecule has 0 bridgehead atoms. The summed E-state index contributed by atoms with van der Waals surface area (Å²) >= 11 is 2.44. The number of hydrogen-bond acceptors (Lipinski definition) is 2. The summed E-state index contributed by atoms with van der Waals surface area (Å²) < 4.78 is 52.6. The van der Waals surface area contributed by atoms with E-state index in [1.165, 1.54) is 0 Å². The number of rotatable bonds is 1. The molecule has 1 fully saturated rings. The molecule has 2 nitrogen and oxygen atoms in total. The fourth-order valence-electron chi connectivity index (χ4n) is 1.61. The van der Waals surface area contributed by atoms with Crippen LogP contribution in [0.2, 0.25) is 0 Å². The zero-order valence-electron chi connectivity index (χ0n) is 8.29. The molecule has 0 unspecified atom stereocenters. The van der Waals surface area contributed by atoms with Gasteiger partial charge in [-0.2, -0.15) is 0 Å². The van der Waals surface area contributed by atoms with Gasteiger partial charge < -0.3 is 11.1 Å². The second-order valence-corrected chi connectivity index (χ2v) is 4.50. The molecule has 2 rings (SSSR count). The van der Waals surface area contributed by atoms with Crippen molar-refractivity contribution in [3.05, 3.63) is 33.3 Å². The van der Waals surface area contributed by atoms with Crippen LogP contribution in [-0.4, -0.2) is 13.1 Å². The lowest BCUT2D eigenvalue weighted by molar-refractivity contribution is 0.258. The summed E-state index contributed by atoms with van der Waals surface area (Å²) in [6.45, 7) is 0.142. The van der Waals surface area contributed by atoms with Crippen LogP contribution >= 0.6 is 28.3 Å². The van der Waals surface area contributed by atoms with Crippen molar-refractivity contribution < 1.29 is 17.6 Å². The smallest absolute Gasteiger partial charge is 0.176 e. The Hall–Kier alpha value is -0.370. The monoisotopic (exact) mass is 334 g/mol. The van der Waals surface area contributed by atoms with E-state index in [4.69, 9.17) is 5.73 Å². The predicted molar refractivity (Wildman–Crippen MR) is 60.0 cm³/mol. The summed E-state index contributed by atoms with van der Waals surface area (Å²) in [7, 11) is 0. The van der Waals surface area contributed by atoms with Crippen LogP contribution < -0.4 is 11.1 Å². The highest BCUT2D eigenvalue weighted by Crippen LogP contribution is 2.34. The molecule has 1 aromatic carbocycles. The van der Waals surface area contributed by atoms with Crippen LogP contribution in [0.3, 0.4) is 0 Å². The number of hydrogen-bond donors (Lipinski definition) is 2. The van der Waals surface area contributed by atoms with Crippen LogP contribution in [0.15, 0.2) is 4.47 Å². The van der Waals surface area contributed by atoms with Crippen LogP contribution in [0, 0.1) is 23.3 Å². The molecule has 0 amide bonds. The molecule has 1 heterocycles. The topological polar surface area (TPSA) is 38.0 Å². The molecular formula is C9H8BrClF4N2. The van der Waals surface area contributed by atoms with E-state index >= 15 is 0 Å². The van der Waals surface area contributed by atoms with Crippen LogP contribution in [0.1, 0.15) is 5.56 Å². The molecule has 1 saturated heterocycles. The number of benzene rings is 1. The Morgan fingerprint density at radius 2 is 1.41 bits per heavy atom. The lowest BCUT2D eigenvalue weighted by atomic mass is 9.84. The van der Waals surface area contributed by atoms with Crippen molar-refractivity contribution in [1.82, 2.24) is 5.32 Å². The first-order valence-electron chi connectivity index (χ1n) is 4.40. The Balaban J connectivity index is 0.00000144. The maximum Gasteiger partial charge on any atom is 0.176 e. The van der Waals surface area contributed by atoms with Crippen molar-refractivity contribution in [3.8, 4) is 0 Å². The summed E-state index contributed by atoms with van der Waals surface area (Å²) in [5, 5.41) is 2.69. The molecular weight excluding hydrogens is 327 g/mol. The van der Waals surface area contributed by atoms with Gasteiger partial charge in [-0.15, -0.1) is 12.4 Å². The highest BCUT2D eigenvalue weighted by molar-refractivity contribution is 9.10. The molecule has 0 radical (unpaired) electrons. The van der Waals surface area contributed by atoms with E-state index in [0.29, 0.717) is 0 Å². The number of nitrogens with two attached hydrogens (primary N) is 1. The van der Waals surface area contributed by atoms with Crippen LogP contribution in [0.25, 0.3) is 0 Å². The van der Waals surface area contributed by atoms with Crippen molar-refractivity contribution in [1.29, 1.82) is 0 Å². The average molecular weight is 336 g/mol. The van der Waals surface area contributed by atoms with Crippen molar-refractivity contribution >= 4 is 28.3 Å². The average Bonchev–Trinajstić information content (AvgIpc) is 2.21. The predicted octanol–water partition coefficient (Wildman–Crippen LogP) is 2.18. The minimum absolute atomic E-state index is 0. The number of nitrogens with one attached hydrogen (secondary N) is 1. The van der Waals surface area contributed by atoms with Crippen LogP contribution in [0.4, 0.5) is 17.6 Å². The summed E-state index contributed by atoms with van der Waals surface area (Å²) in [5.41, 5.74) is 3.48. The Morgan fingerprint density at radius 3 is 1.71 bits per heavy atom. The Labute approximate surface area is 109 Å². The zero-order valence-corrected chi connectivity index (χ0v) is 10.7. The van der Waals surface area contributed by atoms with Crippen molar-refractivity contribution in [3.63, 3.8) is 0 Å². The van der Waals surface area contributed by atoms with Gasteiger partial charge in [-0.05, 0) is 15.9 Å². The summed E-state index contributed by atoms with van der Waals surface area (Å²) in [6, 6.07) is 0. The lowest BCUT2D eigenvalue weighted by Crippen LogP contribution is -2.63. The van der Waals surface area contributed by atoms with Crippen LogP contribution in [0.5, 0.6) is 0 Å². The van der Waals surface area contributed by atoms with Crippen LogP contribution in [-0.2, 0) is 5.54 Å². The highest BCUT2D eigenvalue weighted by atomic mass is 79.9. The molecule has 0 atom stereocenters. The largest absolute Gasteiger partial charge is 0.319 e. The van der Waals surface area contributed by atoms with E-state index in [1.807, 2.05) is 0 Å². The Bertz CT molecular complexity index is 436. The molecule has 8 heteroatoms. The minimum Gasteiger partial charge on any atom is -0.319 e. The fourth-order valence-corrected chi connectivity index (χ4v) is 1.96. The second-order valence-electron chi connectivity index (χ2n) is 3.70. The van der Waals surface area contributed by atoms with Gasteiger partial charge in [0.25, 0.3) is 0 Å².